The summed E-state index contributed by atoms with van der Waals surface area (Å²) in [5, 5.41) is 23.9. The molecule has 9 nitrogen and oxygen atoms in total. The van der Waals surface area contributed by atoms with Crippen LogP contribution < -0.4 is 15.4 Å². The summed E-state index contributed by atoms with van der Waals surface area (Å²) >= 11 is 0. The van der Waals surface area contributed by atoms with Crippen molar-refractivity contribution in [2.45, 2.75) is 46.6 Å². The van der Waals surface area contributed by atoms with E-state index in [0.29, 0.717) is 54.8 Å². The fourth-order valence-electron chi connectivity index (χ4n) is 3.93. The van der Waals surface area contributed by atoms with Crippen molar-refractivity contribution in [3.63, 3.8) is 0 Å². The summed E-state index contributed by atoms with van der Waals surface area (Å²) in [5.41, 5.74) is 3.95. The molecule has 2 aromatic carbocycles. The number of anilines is 1. The molecule has 0 saturated heterocycles. The molecule has 0 aliphatic heterocycles. The first-order valence-electron chi connectivity index (χ1n) is 12.2. The number of carbonyl (C=O) groups excluding carboxylic acids is 1. The summed E-state index contributed by atoms with van der Waals surface area (Å²) in [6.07, 6.45) is 2.32. The van der Waals surface area contributed by atoms with Crippen LogP contribution in [0.25, 0.3) is 16.7 Å². The molecule has 2 heterocycles. The van der Waals surface area contributed by atoms with Crippen LogP contribution >= 0.6 is 0 Å². The summed E-state index contributed by atoms with van der Waals surface area (Å²) in [7, 11) is 0. The van der Waals surface area contributed by atoms with Crippen molar-refractivity contribution in [3.8, 4) is 11.8 Å². The summed E-state index contributed by atoms with van der Waals surface area (Å²) in [6.45, 7) is 7.75. The van der Waals surface area contributed by atoms with Crippen LogP contribution in [-0.4, -0.2) is 38.6 Å². The SMILES string of the molecule is Cc1nnc2c(NCCCCNC(=O)CC(C)C)nc3cc(OCc4ccc(C#N)cc4)ccc3n12. The van der Waals surface area contributed by atoms with Gasteiger partial charge in [-0.3, -0.25) is 9.20 Å². The number of hydrogen-bond acceptors (Lipinski definition) is 7. The predicted octanol–water partition coefficient (Wildman–Crippen LogP) is 4.39. The van der Waals surface area contributed by atoms with E-state index >= 15 is 0 Å². The van der Waals surface area contributed by atoms with Gasteiger partial charge in [-0.05, 0) is 55.5 Å². The van der Waals surface area contributed by atoms with E-state index in [-0.39, 0.29) is 5.91 Å². The molecule has 0 unspecified atom stereocenters. The number of carbonyl (C=O) groups is 1. The first-order valence-corrected chi connectivity index (χ1v) is 12.2. The van der Waals surface area contributed by atoms with Gasteiger partial charge in [0.2, 0.25) is 11.6 Å². The summed E-state index contributed by atoms with van der Waals surface area (Å²) in [4.78, 5) is 16.6. The highest BCUT2D eigenvalue weighted by molar-refractivity contribution is 5.84. The van der Waals surface area contributed by atoms with E-state index < -0.39 is 0 Å². The average molecular weight is 486 g/mol. The second-order valence-electron chi connectivity index (χ2n) is 9.20. The third-order valence-electron chi connectivity index (χ3n) is 5.76. The average Bonchev–Trinajstić information content (AvgIpc) is 3.26. The van der Waals surface area contributed by atoms with Crippen molar-refractivity contribution in [1.29, 1.82) is 5.26 Å². The highest BCUT2D eigenvalue weighted by Crippen LogP contribution is 2.25. The third kappa shape index (κ3) is 6.08. The van der Waals surface area contributed by atoms with Gasteiger partial charge >= 0.3 is 0 Å². The van der Waals surface area contributed by atoms with Crippen molar-refractivity contribution < 1.29 is 9.53 Å². The molecule has 186 valence electrons. The lowest BCUT2D eigenvalue weighted by Gasteiger charge is -2.12. The van der Waals surface area contributed by atoms with Gasteiger partial charge in [-0.25, -0.2) is 4.98 Å². The van der Waals surface area contributed by atoms with E-state index in [1.807, 2.05) is 55.5 Å². The Hall–Kier alpha value is -4.19. The number of aromatic nitrogens is 4. The smallest absolute Gasteiger partial charge is 0.220 e. The van der Waals surface area contributed by atoms with Crippen LogP contribution in [-0.2, 0) is 11.4 Å². The fraction of sp³-hybridized carbons (Fsp3) is 0.370. The van der Waals surface area contributed by atoms with Crippen LogP contribution in [0.3, 0.4) is 0 Å². The summed E-state index contributed by atoms with van der Waals surface area (Å²) < 4.78 is 7.97. The quantitative estimate of drug-likeness (QED) is 0.303. The molecule has 0 fully saturated rings. The molecular weight excluding hydrogens is 454 g/mol. The van der Waals surface area contributed by atoms with E-state index in [2.05, 4.69) is 26.9 Å². The minimum Gasteiger partial charge on any atom is -0.489 e. The van der Waals surface area contributed by atoms with Crippen LogP contribution in [0.4, 0.5) is 5.82 Å². The molecule has 9 heteroatoms. The van der Waals surface area contributed by atoms with Crippen molar-refractivity contribution in [2.75, 3.05) is 18.4 Å². The Morgan fingerprint density at radius 1 is 1.11 bits per heavy atom. The molecule has 0 saturated carbocycles. The maximum atomic E-state index is 11.8. The van der Waals surface area contributed by atoms with Crippen molar-refractivity contribution in [3.05, 3.63) is 59.4 Å². The van der Waals surface area contributed by atoms with E-state index in [9.17, 15) is 4.79 Å². The second-order valence-corrected chi connectivity index (χ2v) is 9.20. The van der Waals surface area contributed by atoms with Gasteiger partial charge in [0.05, 0.1) is 22.7 Å². The van der Waals surface area contributed by atoms with E-state index in [1.54, 1.807) is 12.1 Å². The number of amides is 1. The van der Waals surface area contributed by atoms with Gasteiger partial charge in [-0.2, -0.15) is 5.26 Å². The number of nitrogens with zero attached hydrogens (tertiary/aromatic N) is 5. The molecular formula is C27H31N7O2. The minimum atomic E-state index is 0.104. The van der Waals surface area contributed by atoms with Crippen LogP contribution in [0.1, 0.15) is 50.1 Å². The van der Waals surface area contributed by atoms with Gasteiger partial charge in [-0.1, -0.05) is 26.0 Å². The number of fused-ring (bicyclic) bond motifs is 3. The lowest BCUT2D eigenvalue weighted by molar-refractivity contribution is -0.121. The standard InChI is InChI=1S/C27H31N7O2/c1-18(2)14-25(35)29-12-4-5-13-30-26-27-33-32-19(3)34(27)24-11-10-22(15-23(24)31-26)36-17-21-8-6-20(16-28)7-9-21/h6-11,15,18H,4-5,12-14,17H2,1-3H3,(H,29,35)(H,30,31). The zero-order valence-corrected chi connectivity index (χ0v) is 20.9. The highest BCUT2D eigenvalue weighted by Gasteiger charge is 2.14. The van der Waals surface area contributed by atoms with E-state index in [0.717, 1.165) is 35.3 Å². The third-order valence-corrected chi connectivity index (χ3v) is 5.76. The molecule has 2 aromatic heterocycles. The number of nitriles is 1. The molecule has 0 spiro atoms. The molecule has 0 aliphatic rings. The van der Waals surface area contributed by atoms with E-state index in [4.69, 9.17) is 15.0 Å². The monoisotopic (exact) mass is 485 g/mol. The minimum absolute atomic E-state index is 0.104. The van der Waals surface area contributed by atoms with Gasteiger partial charge in [-0.15, -0.1) is 10.2 Å². The Morgan fingerprint density at radius 2 is 1.89 bits per heavy atom. The number of hydrogen-bond donors (Lipinski definition) is 2. The normalized spacial score (nSPS) is 11.1. The molecule has 4 rings (SSSR count). The number of ether oxygens (including phenoxy) is 1. The number of benzene rings is 2. The highest BCUT2D eigenvalue weighted by atomic mass is 16.5. The Labute approximate surface area is 210 Å². The molecule has 2 N–H and O–H groups in total. The molecule has 0 radical (unpaired) electrons. The molecule has 4 aromatic rings. The van der Waals surface area contributed by atoms with Gasteiger partial charge in [0.25, 0.3) is 0 Å². The molecule has 0 bridgehead atoms. The van der Waals surface area contributed by atoms with Crippen LogP contribution in [0, 0.1) is 24.2 Å². The largest absolute Gasteiger partial charge is 0.489 e. The van der Waals surface area contributed by atoms with Gasteiger partial charge < -0.3 is 15.4 Å². The van der Waals surface area contributed by atoms with Gasteiger partial charge in [0.15, 0.2) is 5.82 Å². The summed E-state index contributed by atoms with van der Waals surface area (Å²) in [5.74, 6) is 2.61. The second kappa shape index (κ2) is 11.5. The lowest BCUT2D eigenvalue weighted by Crippen LogP contribution is -2.25. The van der Waals surface area contributed by atoms with Crippen LogP contribution in [0.5, 0.6) is 5.75 Å². The molecule has 1 amide bonds. The number of unbranched alkanes of at least 4 members (excludes halogenated alkanes) is 1. The molecule has 0 atom stereocenters. The van der Waals surface area contributed by atoms with Gasteiger partial charge in [0, 0.05) is 25.6 Å². The van der Waals surface area contributed by atoms with Crippen LogP contribution in [0.2, 0.25) is 0 Å². The van der Waals surface area contributed by atoms with Crippen molar-refractivity contribution in [2.24, 2.45) is 5.92 Å². The Kier molecular flexibility index (Phi) is 7.95. The Bertz CT molecular complexity index is 1390. The van der Waals surface area contributed by atoms with Crippen molar-refractivity contribution in [1.82, 2.24) is 24.9 Å². The maximum absolute atomic E-state index is 11.8. The van der Waals surface area contributed by atoms with Crippen LogP contribution in [0.15, 0.2) is 42.5 Å². The topological polar surface area (TPSA) is 117 Å². The number of aryl methyl sites for hydroxylation is 1. The molecule has 0 aliphatic carbocycles. The fourth-order valence-corrected chi connectivity index (χ4v) is 3.93. The number of nitrogens with one attached hydrogen (secondary N) is 2. The first kappa shape index (κ1) is 24.9. The lowest BCUT2D eigenvalue weighted by atomic mass is 10.1. The Morgan fingerprint density at radius 3 is 2.64 bits per heavy atom. The zero-order chi connectivity index (χ0) is 25.5. The Balaban J connectivity index is 1.42. The first-order chi connectivity index (χ1) is 17.4. The van der Waals surface area contributed by atoms with Crippen molar-refractivity contribution >= 4 is 28.4 Å². The maximum Gasteiger partial charge on any atom is 0.220 e. The predicted molar refractivity (Wildman–Crippen MR) is 139 cm³/mol. The van der Waals surface area contributed by atoms with E-state index in [1.165, 1.54) is 0 Å². The number of rotatable bonds is 11. The zero-order valence-electron chi connectivity index (χ0n) is 20.9. The van der Waals surface area contributed by atoms with Gasteiger partial charge in [0.1, 0.15) is 18.2 Å². The molecule has 36 heavy (non-hydrogen) atoms. The summed E-state index contributed by atoms with van der Waals surface area (Å²) in [6, 6.07) is 15.2.